The Labute approximate surface area is 210 Å². The zero-order valence-corrected chi connectivity index (χ0v) is 21.0. The zero-order valence-electron chi connectivity index (χ0n) is 18.6. The van der Waals surface area contributed by atoms with Crippen LogP contribution in [0.3, 0.4) is 0 Å². The lowest BCUT2D eigenvalue weighted by molar-refractivity contribution is -0.129. The Kier molecular flexibility index (Phi) is 7.66. The first-order valence-corrected chi connectivity index (χ1v) is 13.0. The van der Waals surface area contributed by atoms with Gasteiger partial charge in [0.05, 0.1) is 23.9 Å². The van der Waals surface area contributed by atoms with Gasteiger partial charge in [0, 0.05) is 42.2 Å². The van der Waals surface area contributed by atoms with Gasteiger partial charge in [0.15, 0.2) is 0 Å². The van der Waals surface area contributed by atoms with Gasteiger partial charge in [-0.15, -0.1) is 23.1 Å². The van der Waals surface area contributed by atoms with Crippen molar-refractivity contribution in [2.45, 2.75) is 35.3 Å². The van der Waals surface area contributed by atoms with Crippen LogP contribution in [0.4, 0.5) is 10.5 Å². The second-order valence-electron chi connectivity index (χ2n) is 8.30. The van der Waals surface area contributed by atoms with Crippen molar-refractivity contribution in [3.05, 3.63) is 40.0 Å². The summed E-state index contributed by atoms with van der Waals surface area (Å²) in [6.45, 7) is 1.52. The molecule has 34 heavy (non-hydrogen) atoms. The van der Waals surface area contributed by atoms with Crippen LogP contribution in [0.5, 0.6) is 0 Å². The third-order valence-corrected chi connectivity index (χ3v) is 8.63. The number of fused-ring (bicyclic) bond motifs is 2. The second-order valence-corrected chi connectivity index (χ2v) is 11.2. The minimum Gasteiger partial charge on any atom is -0.453 e. The molecule has 3 heterocycles. The van der Waals surface area contributed by atoms with E-state index in [1.165, 1.54) is 18.4 Å². The van der Waals surface area contributed by atoms with E-state index in [1.807, 2.05) is 12.1 Å². The van der Waals surface area contributed by atoms with Crippen LogP contribution in [0.15, 0.2) is 28.6 Å². The number of rotatable bonds is 7. The Balaban J connectivity index is 1.43. The van der Waals surface area contributed by atoms with E-state index in [0.717, 1.165) is 26.9 Å². The summed E-state index contributed by atoms with van der Waals surface area (Å²) in [5.41, 5.74) is 3.07. The van der Waals surface area contributed by atoms with Crippen LogP contribution in [-0.2, 0) is 26.2 Å². The number of aromatic nitrogens is 1. The molecule has 9 nitrogen and oxygen atoms in total. The average Bonchev–Trinajstić information content (AvgIpc) is 3.54. The number of thioether (sulfide) groups is 1. The van der Waals surface area contributed by atoms with E-state index in [-0.39, 0.29) is 30.3 Å². The molecule has 1 saturated heterocycles. The van der Waals surface area contributed by atoms with Crippen LogP contribution in [0.25, 0.3) is 0 Å². The van der Waals surface area contributed by atoms with Crippen LogP contribution >= 0.6 is 34.7 Å². The molecule has 2 aliphatic rings. The topological polar surface area (TPSA) is 112 Å². The fourth-order valence-electron chi connectivity index (χ4n) is 4.50. The Morgan fingerprint density at radius 3 is 2.94 bits per heavy atom. The SMILES string of the molecule is COC(=O)N1CCC2(C1)CN(C(=O)Cc1ncc(SCCCC(=O)NO)s1)c1ccc(Cl)cc12. The summed E-state index contributed by atoms with van der Waals surface area (Å²) >= 11 is 9.33. The maximum absolute atomic E-state index is 13.3. The van der Waals surface area contributed by atoms with Crippen molar-refractivity contribution in [2.24, 2.45) is 0 Å². The van der Waals surface area contributed by atoms with Gasteiger partial charge in [-0.3, -0.25) is 14.8 Å². The van der Waals surface area contributed by atoms with Crippen LogP contribution < -0.4 is 10.4 Å². The number of carbonyl (C=O) groups is 3. The summed E-state index contributed by atoms with van der Waals surface area (Å²) in [6, 6.07) is 5.55. The number of benzene rings is 1. The van der Waals surface area contributed by atoms with Gasteiger partial charge in [-0.25, -0.2) is 15.3 Å². The predicted octanol–water partition coefficient (Wildman–Crippen LogP) is 3.47. The first-order valence-electron chi connectivity index (χ1n) is 10.8. The lowest BCUT2D eigenvalue weighted by Gasteiger charge is -2.25. The maximum Gasteiger partial charge on any atom is 0.409 e. The highest BCUT2D eigenvalue weighted by Crippen LogP contribution is 2.47. The summed E-state index contributed by atoms with van der Waals surface area (Å²) < 4.78 is 5.87. The number of hydroxylamine groups is 1. The number of nitrogens with zero attached hydrogens (tertiary/aromatic N) is 3. The van der Waals surface area contributed by atoms with Crippen molar-refractivity contribution in [2.75, 3.05) is 37.4 Å². The molecular formula is C22H25ClN4O5S2. The second kappa shape index (κ2) is 10.5. The van der Waals surface area contributed by atoms with Crippen molar-refractivity contribution in [3.8, 4) is 0 Å². The third-order valence-electron chi connectivity index (χ3n) is 6.12. The van der Waals surface area contributed by atoms with Gasteiger partial charge in [0.25, 0.3) is 0 Å². The number of likely N-dealkylation sites (tertiary alicyclic amines) is 1. The van der Waals surface area contributed by atoms with E-state index >= 15 is 0 Å². The fourth-order valence-corrected chi connectivity index (χ4v) is 6.70. The highest BCUT2D eigenvalue weighted by atomic mass is 35.5. The number of anilines is 1. The molecule has 1 unspecified atom stereocenters. The quantitative estimate of drug-likeness (QED) is 0.247. The van der Waals surface area contributed by atoms with Gasteiger partial charge < -0.3 is 14.5 Å². The molecule has 1 aromatic carbocycles. The minimum absolute atomic E-state index is 0.0533. The predicted molar refractivity (Wildman–Crippen MR) is 130 cm³/mol. The Morgan fingerprint density at radius 1 is 1.35 bits per heavy atom. The van der Waals surface area contributed by atoms with Crippen molar-refractivity contribution >= 4 is 58.3 Å². The third kappa shape index (κ3) is 5.17. The van der Waals surface area contributed by atoms with E-state index in [0.29, 0.717) is 36.8 Å². The molecule has 0 aliphatic carbocycles. The first-order chi connectivity index (χ1) is 16.3. The van der Waals surface area contributed by atoms with E-state index in [1.54, 1.807) is 39.3 Å². The monoisotopic (exact) mass is 524 g/mol. The molecule has 1 spiro atoms. The van der Waals surface area contributed by atoms with Gasteiger partial charge in [-0.2, -0.15) is 0 Å². The molecule has 2 aromatic rings. The number of thiazole rings is 1. The van der Waals surface area contributed by atoms with E-state index in [2.05, 4.69) is 4.98 Å². The van der Waals surface area contributed by atoms with Crippen molar-refractivity contribution in [1.82, 2.24) is 15.4 Å². The van der Waals surface area contributed by atoms with E-state index in [4.69, 9.17) is 21.5 Å². The van der Waals surface area contributed by atoms with Gasteiger partial charge in [0.1, 0.15) is 5.01 Å². The van der Waals surface area contributed by atoms with Crippen LogP contribution in [0.2, 0.25) is 5.02 Å². The average molecular weight is 525 g/mol. The molecule has 182 valence electrons. The molecule has 1 aromatic heterocycles. The van der Waals surface area contributed by atoms with Crippen LogP contribution in [0, 0.1) is 0 Å². The number of methoxy groups -OCH3 is 1. The molecule has 12 heteroatoms. The molecule has 0 bridgehead atoms. The molecule has 3 amide bonds. The Bertz CT molecular complexity index is 1100. The number of hydrogen-bond donors (Lipinski definition) is 2. The summed E-state index contributed by atoms with van der Waals surface area (Å²) in [7, 11) is 1.37. The van der Waals surface area contributed by atoms with E-state index in [9.17, 15) is 14.4 Å². The Hall–Kier alpha value is -2.34. The number of carbonyl (C=O) groups excluding carboxylic acids is 3. The van der Waals surface area contributed by atoms with Crippen molar-refractivity contribution in [3.63, 3.8) is 0 Å². The maximum atomic E-state index is 13.3. The summed E-state index contributed by atoms with van der Waals surface area (Å²) in [4.78, 5) is 44.4. The highest BCUT2D eigenvalue weighted by molar-refractivity contribution is 8.01. The van der Waals surface area contributed by atoms with Gasteiger partial charge in [0.2, 0.25) is 11.8 Å². The molecule has 2 aliphatic heterocycles. The van der Waals surface area contributed by atoms with Gasteiger partial charge >= 0.3 is 6.09 Å². The number of nitrogens with one attached hydrogen (secondary N) is 1. The molecular weight excluding hydrogens is 500 g/mol. The largest absolute Gasteiger partial charge is 0.453 e. The van der Waals surface area contributed by atoms with Crippen LogP contribution in [0.1, 0.15) is 29.8 Å². The lowest BCUT2D eigenvalue weighted by atomic mass is 9.81. The number of amides is 3. The van der Waals surface area contributed by atoms with Crippen LogP contribution in [-0.4, -0.2) is 65.5 Å². The van der Waals surface area contributed by atoms with E-state index < -0.39 is 5.91 Å². The molecule has 0 radical (unpaired) electrons. The fraction of sp³-hybridized carbons (Fsp3) is 0.455. The summed E-state index contributed by atoms with van der Waals surface area (Å²) in [5, 5.41) is 9.86. The number of halogens is 1. The lowest BCUT2D eigenvalue weighted by Crippen LogP contribution is -2.40. The summed E-state index contributed by atoms with van der Waals surface area (Å²) in [6.07, 6.45) is 3.16. The molecule has 4 rings (SSSR count). The highest BCUT2D eigenvalue weighted by Gasteiger charge is 2.50. The number of ether oxygens (including phenoxy) is 1. The molecule has 1 fully saturated rings. The smallest absolute Gasteiger partial charge is 0.409 e. The standard InChI is InChI=1S/C22H25ClN4O5S2/c1-32-21(30)26-7-6-22(12-26)13-27(16-5-4-14(23)9-15(16)22)19(29)10-18-24-11-20(34-18)33-8-2-3-17(28)25-31/h4-5,9,11,31H,2-3,6-8,10,12-13H2,1H3,(H,25,28). The zero-order chi connectivity index (χ0) is 24.3. The normalized spacial score (nSPS) is 18.9. The molecule has 1 atom stereocenters. The van der Waals surface area contributed by atoms with Gasteiger partial charge in [-0.1, -0.05) is 11.6 Å². The first kappa shape index (κ1) is 24.8. The van der Waals surface area contributed by atoms with Crippen molar-refractivity contribution < 1.29 is 24.3 Å². The minimum atomic E-state index is -0.405. The number of hydrogen-bond acceptors (Lipinski definition) is 8. The molecule has 0 saturated carbocycles. The van der Waals surface area contributed by atoms with Crippen molar-refractivity contribution in [1.29, 1.82) is 0 Å². The molecule has 2 N–H and O–H groups in total. The van der Waals surface area contributed by atoms with Gasteiger partial charge in [-0.05, 0) is 42.4 Å². The summed E-state index contributed by atoms with van der Waals surface area (Å²) in [5.74, 6) is 0.253. The Morgan fingerprint density at radius 2 is 2.18 bits per heavy atom.